The zero-order valence-electron chi connectivity index (χ0n) is 14.0. The van der Waals surface area contributed by atoms with Crippen molar-refractivity contribution in [2.45, 2.75) is 18.9 Å². The van der Waals surface area contributed by atoms with E-state index in [4.69, 9.17) is 38.5 Å². The smallest absolute Gasteiger partial charge is 0.291 e. The highest BCUT2D eigenvalue weighted by Gasteiger charge is 2.17. The molecule has 0 bridgehead atoms. The molecule has 0 saturated heterocycles. The molecule has 0 aliphatic rings. The number of imidazole rings is 1. The van der Waals surface area contributed by atoms with Gasteiger partial charge in [0.2, 0.25) is 0 Å². The summed E-state index contributed by atoms with van der Waals surface area (Å²) < 4.78 is 15.1. The summed E-state index contributed by atoms with van der Waals surface area (Å²) in [4.78, 5) is 12.4. The maximum absolute atomic E-state index is 13.1. The van der Waals surface area contributed by atoms with Gasteiger partial charge in [-0.15, -0.1) is 10.1 Å². The van der Waals surface area contributed by atoms with Crippen molar-refractivity contribution < 1.29 is 14.7 Å². The number of nitrogens with zero attached hydrogens (tertiary/aromatic N) is 3. The SMILES string of the molecule is Fc1ccc(CC(Cn2ccnc2)c2ccc(Cl)cc2Cl)cc1.O=[N+]([O-])O. The Morgan fingerprint density at radius 3 is 2.44 bits per heavy atom. The summed E-state index contributed by atoms with van der Waals surface area (Å²) in [7, 11) is 0. The minimum atomic E-state index is -1.50. The summed E-state index contributed by atoms with van der Waals surface area (Å²) in [6.07, 6.45) is 6.20. The molecule has 0 spiro atoms. The second-order valence-corrected chi connectivity index (χ2v) is 6.53. The monoisotopic (exact) mass is 411 g/mol. The minimum Gasteiger partial charge on any atom is -0.337 e. The zero-order chi connectivity index (χ0) is 19.8. The summed E-state index contributed by atoms with van der Waals surface area (Å²) in [5, 5.41) is 14.9. The lowest BCUT2D eigenvalue weighted by atomic mass is 9.91. The molecule has 3 rings (SSSR count). The van der Waals surface area contributed by atoms with Crippen molar-refractivity contribution >= 4 is 23.2 Å². The third-order valence-electron chi connectivity index (χ3n) is 3.79. The summed E-state index contributed by atoms with van der Waals surface area (Å²) in [5.74, 6) is -0.0936. The number of benzene rings is 2. The van der Waals surface area contributed by atoms with Gasteiger partial charge in [0.25, 0.3) is 5.09 Å². The van der Waals surface area contributed by atoms with Crippen LogP contribution in [0.2, 0.25) is 10.0 Å². The van der Waals surface area contributed by atoms with Crippen LogP contribution in [0.5, 0.6) is 0 Å². The molecular weight excluding hydrogens is 396 g/mol. The van der Waals surface area contributed by atoms with Crippen molar-refractivity contribution in [3.63, 3.8) is 0 Å². The van der Waals surface area contributed by atoms with E-state index in [0.29, 0.717) is 10.0 Å². The van der Waals surface area contributed by atoms with Gasteiger partial charge < -0.3 is 9.77 Å². The van der Waals surface area contributed by atoms with Gasteiger partial charge in [-0.1, -0.05) is 41.4 Å². The van der Waals surface area contributed by atoms with Crippen molar-refractivity contribution in [1.82, 2.24) is 9.55 Å². The van der Waals surface area contributed by atoms with E-state index < -0.39 is 5.09 Å². The summed E-state index contributed by atoms with van der Waals surface area (Å²) in [5.41, 5.74) is 2.08. The quantitative estimate of drug-likeness (QED) is 0.472. The highest BCUT2D eigenvalue weighted by molar-refractivity contribution is 6.35. The molecular formula is C18H16Cl2FN3O3. The van der Waals surface area contributed by atoms with Crippen molar-refractivity contribution in [3.8, 4) is 0 Å². The first-order chi connectivity index (χ1) is 12.8. The Bertz CT molecular complexity index is 870. The van der Waals surface area contributed by atoms with Gasteiger partial charge >= 0.3 is 0 Å². The number of rotatable bonds is 5. The van der Waals surface area contributed by atoms with Crippen molar-refractivity contribution in [1.29, 1.82) is 0 Å². The van der Waals surface area contributed by atoms with Gasteiger partial charge in [0.05, 0.1) is 6.33 Å². The Hall–Kier alpha value is -2.64. The Kier molecular flexibility index (Phi) is 7.57. The Labute approximate surface area is 164 Å². The summed E-state index contributed by atoms with van der Waals surface area (Å²) >= 11 is 12.4. The van der Waals surface area contributed by atoms with Gasteiger partial charge in [-0.25, -0.2) is 9.37 Å². The van der Waals surface area contributed by atoms with E-state index in [9.17, 15) is 4.39 Å². The molecule has 27 heavy (non-hydrogen) atoms. The average molecular weight is 412 g/mol. The molecule has 1 unspecified atom stereocenters. The zero-order valence-corrected chi connectivity index (χ0v) is 15.5. The van der Waals surface area contributed by atoms with Gasteiger partial charge in [0, 0.05) is 34.9 Å². The molecule has 3 aromatic rings. The maximum Gasteiger partial charge on any atom is 0.291 e. The van der Waals surface area contributed by atoms with Crippen LogP contribution in [0, 0.1) is 15.9 Å². The van der Waals surface area contributed by atoms with Gasteiger partial charge in [-0.2, -0.15) is 0 Å². The number of hydrogen-bond donors (Lipinski definition) is 1. The highest BCUT2D eigenvalue weighted by Crippen LogP contribution is 2.31. The first kappa shape index (κ1) is 20.7. The number of hydrogen-bond acceptors (Lipinski definition) is 3. The molecule has 1 N–H and O–H groups in total. The van der Waals surface area contributed by atoms with Crippen LogP contribution < -0.4 is 0 Å². The number of halogens is 3. The highest BCUT2D eigenvalue weighted by atomic mass is 35.5. The minimum absolute atomic E-state index is 0.138. The lowest BCUT2D eigenvalue weighted by Gasteiger charge is -2.20. The Morgan fingerprint density at radius 1 is 1.22 bits per heavy atom. The molecule has 1 heterocycles. The van der Waals surface area contributed by atoms with Crippen LogP contribution in [0.25, 0.3) is 0 Å². The molecule has 9 heteroatoms. The normalized spacial score (nSPS) is 11.4. The van der Waals surface area contributed by atoms with Gasteiger partial charge in [-0.3, -0.25) is 0 Å². The molecule has 0 aliphatic heterocycles. The van der Waals surface area contributed by atoms with Crippen molar-refractivity contribution in [3.05, 3.63) is 98.3 Å². The Balaban J connectivity index is 0.000000596. The predicted octanol–water partition coefficient (Wildman–Crippen LogP) is 5.01. The second kappa shape index (κ2) is 9.89. The van der Waals surface area contributed by atoms with E-state index in [1.807, 2.05) is 22.9 Å². The number of aromatic nitrogens is 2. The third kappa shape index (κ3) is 6.88. The fraction of sp³-hybridized carbons (Fsp3) is 0.167. The van der Waals surface area contributed by atoms with Crippen LogP contribution in [0.1, 0.15) is 17.0 Å². The van der Waals surface area contributed by atoms with E-state index >= 15 is 0 Å². The molecule has 0 aliphatic carbocycles. The second-order valence-electron chi connectivity index (χ2n) is 5.69. The topological polar surface area (TPSA) is 81.2 Å². The molecule has 0 radical (unpaired) electrons. The Morgan fingerprint density at radius 2 is 1.89 bits per heavy atom. The molecule has 0 saturated carbocycles. The van der Waals surface area contributed by atoms with Crippen LogP contribution in [0.4, 0.5) is 4.39 Å². The van der Waals surface area contributed by atoms with E-state index in [1.165, 1.54) is 12.1 Å². The van der Waals surface area contributed by atoms with Crippen LogP contribution >= 0.6 is 23.2 Å². The maximum atomic E-state index is 13.1. The van der Waals surface area contributed by atoms with E-state index in [2.05, 4.69) is 4.98 Å². The summed E-state index contributed by atoms with van der Waals surface area (Å²) in [6.45, 7) is 0.735. The lowest BCUT2D eigenvalue weighted by Crippen LogP contribution is -2.11. The third-order valence-corrected chi connectivity index (χ3v) is 4.35. The molecule has 6 nitrogen and oxygen atoms in total. The van der Waals surface area contributed by atoms with Crippen LogP contribution in [0.15, 0.2) is 61.2 Å². The molecule has 0 amide bonds. The van der Waals surface area contributed by atoms with Gasteiger partial charge in [0.1, 0.15) is 5.82 Å². The van der Waals surface area contributed by atoms with Crippen LogP contribution in [0.3, 0.4) is 0 Å². The van der Waals surface area contributed by atoms with Crippen LogP contribution in [-0.2, 0) is 13.0 Å². The molecule has 142 valence electrons. The van der Waals surface area contributed by atoms with E-state index in [0.717, 1.165) is 24.1 Å². The average Bonchev–Trinajstić information content (AvgIpc) is 3.09. The molecule has 1 atom stereocenters. The lowest BCUT2D eigenvalue weighted by molar-refractivity contribution is -0.742. The van der Waals surface area contributed by atoms with Crippen LogP contribution in [-0.4, -0.2) is 19.8 Å². The first-order valence-corrected chi connectivity index (χ1v) is 8.59. The van der Waals surface area contributed by atoms with E-state index in [-0.39, 0.29) is 11.7 Å². The molecule has 0 fully saturated rings. The summed E-state index contributed by atoms with van der Waals surface area (Å²) in [6, 6.07) is 12.1. The van der Waals surface area contributed by atoms with Gasteiger partial charge in [0.15, 0.2) is 0 Å². The fourth-order valence-electron chi connectivity index (χ4n) is 2.66. The van der Waals surface area contributed by atoms with Gasteiger partial charge in [-0.05, 0) is 41.8 Å². The largest absolute Gasteiger partial charge is 0.337 e. The van der Waals surface area contributed by atoms with E-state index in [1.54, 1.807) is 30.7 Å². The predicted molar refractivity (Wildman–Crippen MR) is 100 cm³/mol. The fourth-order valence-corrected chi connectivity index (χ4v) is 3.22. The van der Waals surface area contributed by atoms with Crippen molar-refractivity contribution in [2.24, 2.45) is 0 Å². The standard InChI is InChI=1S/C18H15Cl2FN2.HNO3/c19-15-3-6-17(18(20)10-15)14(11-23-8-7-22-12-23)9-13-1-4-16(21)5-2-13;2-1(3)4/h1-8,10,12,14H,9,11H2;(H,2,3,4). The molecule has 1 aromatic heterocycles. The first-order valence-electron chi connectivity index (χ1n) is 7.83. The van der Waals surface area contributed by atoms with Crippen molar-refractivity contribution in [2.75, 3.05) is 0 Å². The molecule has 2 aromatic carbocycles.